The highest BCUT2D eigenvalue weighted by atomic mass is 32.2. The highest BCUT2D eigenvalue weighted by Crippen LogP contribution is 2.32. The van der Waals surface area contributed by atoms with Gasteiger partial charge in [0, 0.05) is 25.8 Å². The summed E-state index contributed by atoms with van der Waals surface area (Å²) in [6.45, 7) is 0.0471. The van der Waals surface area contributed by atoms with Crippen LogP contribution in [-0.2, 0) is 21.9 Å². The van der Waals surface area contributed by atoms with Crippen molar-refractivity contribution in [3.05, 3.63) is 12.5 Å². The van der Waals surface area contributed by atoms with E-state index < -0.39 is 10.0 Å². The van der Waals surface area contributed by atoms with E-state index in [0.29, 0.717) is 12.5 Å². The monoisotopic (exact) mass is 301 g/mol. The summed E-state index contributed by atoms with van der Waals surface area (Å²) < 4.78 is 27.5. The molecule has 0 aromatic carbocycles. The summed E-state index contributed by atoms with van der Waals surface area (Å²) in [5.74, 6) is 0.0446. The quantitative estimate of drug-likeness (QED) is 0.569. The molecule has 20 heavy (non-hydrogen) atoms. The van der Waals surface area contributed by atoms with Crippen LogP contribution in [0.3, 0.4) is 0 Å². The van der Waals surface area contributed by atoms with E-state index in [-0.39, 0.29) is 23.5 Å². The molecule has 112 valence electrons. The standard InChI is InChI=1S/C11H19N5O3S/c1-16-6-11(13-7-16)20(18,19)14-5-10(17)15-9(4-12)8-2-3-8/h6-9,14H,2-5,12H2,1H3,(H,15,17). The first kappa shape index (κ1) is 14.9. The Balaban J connectivity index is 1.86. The van der Waals surface area contributed by atoms with E-state index in [9.17, 15) is 13.2 Å². The van der Waals surface area contributed by atoms with Gasteiger partial charge in [-0.15, -0.1) is 0 Å². The molecule has 1 amide bonds. The number of hydrogen-bond acceptors (Lipinski definition) is 5. The van der Waals surface area contributed by atoms with Crippen LogP contribution in [-0.4, -0.2) is 43.0 Å². The van der Waals surface area contributed by atoms with E-state index in [1.54, 1.807) is 7.05 Å². The van der Waals surface area contributed by atoms with E-state index in [1.165, 1.54) is 17.1 Å². The summed E-state index contributed by atoms with van der Waals surface area (Å²) in [5, 5.41) is 2.64. The molecule has 8 nitrogen and oxygen atoms in total. The van der Waals surface area contributed by atoms with Gasteiger partial charge in [0.25, 0.3) is 10.0 Å². The Morgan fingerprint density at radius 1 is 1.60 bits per heavy atom. The van der Waals surface area contributed by atoms with Crippen molar-refractivity contribution in [2.45, 2.75) is 23.9 Å². The molecule has 0 saturated heterocycles. The number of carbonyl (C=O) groups excluding carboxylic acids is 1. The highest BCUT2D eigenvalue weighted by molar-refractivity contribution is 7.89. The highest BCUT2D eigenvalue weighted by Gasteiger charge is 2.31. The third-order valence-corrected chi connectivity index (χ3v) is 4.46. The fraction of sp³-hybridized carbons (Fsp3) is 0.636. The minimum absolute atomic E-state index is 0.0677. The van der Waals surface area contributed by atoms with E-state index in [0.717, 1.165) is 12.8 Å². The van der Waals surface area contributed by atoms with Gasteiger partial charge in [0.2, 0.25) is 5.91 Å². The van der Waals surface area contributed by atoms with Crippen molar-refractivity contribution in [3.63, 3.8) is 0 Å². The maximum absolute atomic E-state index is 11.9. The summed E-state index contributed by atoms with van der Waals surface area (Å²) in [7, 11) is -2.09. The van der Waals surface area contributed by atoms with Gasteiger partial charge in [-0.25, -0.2) is 18.1 Å². The molecule has 9 heteroatoms. The second kappa shape index (κ2) is 5.90. The predicted octanol–water partition coefficient (Wildman–Crippen LogP) is -1.45. The summed E-state index contributed by atoms with van der Waals surface area (Å²) in [6.07, 6.45) is 4.86. The normalized spacial score (nSPS) is 16.9. The molecule has 2 rings (SSSR count). The summed E-state index contributed by atoms with van der Waals surface area (Å²) in [6, 6.07) is -0.0677. The molecule has 1 unspecified atom stereocenters. The van der Waals surface area contributed by atoms with Crippen LogP contribution in [0.15, 0.2) is 17.6 Å². The maximum atomic E-state index is 11.9. The maximum Gasteiger partial charge on any atom is 0.260 e. The lowest BCUT2D eigenvalue weighted by Crippen LogP contribution is -2.46. The SMILES string of the molecule is Cn1cnc(S(=O)(=O)NCC(=O)NC(CN)C2CC2)c1. The fourth-order valence-electron chi connectivity index (χ4n) is 1.89. The van der Waals surface area contributed by atoms with E-state index in [4.69, 9.17) is 5.73 Å². The van der Waals surface area contributed by atoms with E-state index in [2.05, 4.69) is 15.0 Å². The second-order valence-electron chi connectivity index (χ2n) is 4.95. The first-order chi connectivity index (χ1) is 9.42. The Bertz CT molecular complexity index is 579. The molecule has 0 aliphatic heterocycles. The molecule has 4 N–H and O–H groups in total. The number of hydrogen-bond donors (Lipinski definition) is 3. The van der Waals surface area contributed by atoms with Crippen molar-refractivity contribution in [2.75, 3.05) is 13.1 Å². The van der Waals surface area contributed by atoms with Gasteiger partial charge in [0.15, 0.2) is 5.03 Å². The third kappa shape index (κ3) is 3.78. The Morgan fingerprint density at radius 3 is 2.80 bits per heavy atom. The van der Waals surface area contributed by atoms with Crippen LogP contribution in [0.4, 0.5) is 0 Å². The third-order valence-electron chi connectivity index (χ3n) is 3.17. The predicted molar refractivity (Wildman–Crippen MR) is 72.1 cm³/mol. The van der Waals surface area contributed by atoms with Crippen LogP contribution >= 0.6 is 0 Å². The minimum Gasteiger partial charge on any atom is -0.351 e. The lowest BCUT2D eigenvalue weighted by Gasteiger charge is -2.15. The molecule has 1 aromatic heterocycles. The number of sulfonamides is 1. The summed E-state index contributed by atoms with van der Waals surface area (Å²) >= 11 is 0. The smallest absolute Gasteiger partial charge is 0.260 e. The molecule has 1 aliphatic rings. The number of rotatable bonds is 7. The van der Waals surface area contributed by atoms with Crippen molar-refractivity contribution in [2.24, 2.45) is 18.7 Å². The molecular formula is C11H19N5O3S. The molecule has 1 aromatic rings. The number of nitrogens with zero attached hydrogens (tertiary/aromatic N) is 2. The van der Waals surface area contributed by atoms with Crippen molar-refractivity contribution in [3.8, 4) is 0 Å². The van der Waals surface area contributed by atoms with Crippen LogP contribution in [0, 0.1) is 5.92 Å². The van der Waals surface area contributed by atoms with E-state index >= 15 is 0 Å². The number of amides is 1. The number of aryl methyl sites for hydroxylation is 1. The average Bonchev–Trinajstić information content (AvgIpc) is 3.15. The minimum atomic E-state index is -3.76. The van der Waals surface area contributed by atoms with Gasteiger partial charge in [-0.1, -0.05) is 0 Å². The molecule has 0 radical (unpaired) electrons. The van der Waals surface area contributed by atoms with Gasteiger partial charge in [0.1, 0.15) is 0 Å². The van der Waals surface area contributed by atoms with E-state index in [1.807, 2.05) is 0 Å². The van der Waals surface area contributed by atoms with Crippen LogP contribution in [0.5, 0.6) is 0 Å². The number of aromatic nitrogens is 2. The summed E-state index contributed by atoms with van der Waals surface area (Å²) in [4.78, 5) is 15.5. The first-order valence-electron chi connectivity index (χ1n) is 6.39. The Kier molecular flexibility index (Phi) is 4.41. The zero-order valence-corrected chi connectivity index (χ0v) is 12.1. The van der Waals surface area contributed by atoms with Gasteiger partial charge in [-0.3, -0.25) is 4.79 Å². The number of carbonyl (C=O) groups is 1. The average molecular weight is 301 g/mol. The van der Waals surface area contributed by atoms with Crippen LogP contribution in [0.2, 0.25) is 0 Å². The Labute approximate surface area is 117 Å². The molecule has 1 fully saturated rings. The van der Waals surface area contributed by atoms with Gasteiger partial charge in [0.05, 0.1) is 12.9 Å². The van der Waals surface area contributed by atoms with Gasteiger partial charge in [-0.2, -0.15) is 0 Å². The largest absolute Gasteiger partial charge is 0.351 e. The lowest BCUT2D eigenvalue weighted by atomic mass is 10.2. The molecule has 1 heterocycles. The fourth-order valence-corrected chi connectivity index (χ4v) is 2.85. The second-order valence-corrected chi connectivity index (χ2v) is 6.66. The Hall–Kier alpha value is -1.45. The first-order valence-corrected chi connectivity index (χ1v) is 7.88. The van der Waals surface area contributed by atoms with Crippen molar-refractivity contribution in [1.82, 2.24) is 19.6 Å². The molecule has 0 spiro atoms. The van der Waals surface area contributed by atoms with Crippen molar-refractivity contribution < 1.29 is 13.2 Å². The van der Waals surface area contributed by atoms with Crippen molar-refractivity contribution >= 4 is 15.9 Å². The number of nitrogens with two attached hydrogens (primary N) is 1. The van der Waals surface area contributed by atoms with Crippen molar-refractivity contribution in [1.29, 1.82) is 0 Å². The molecule has 1 aliphatic carbocycles. The van der Waals surface area contributed by atoms with Crippen LogP contribution < -0.4 is 15.8 Å². The summed E-state index contributed by atoms with van der Waals surface area (Å²) in [5.41, 5.74) is 5.57. The van der Waals surface area contributed by atoms with Gasteiger partial charge < -0.3 is 15.6 Å². The van der Waals surface area contributed by atoms with Gasteiger partial charge in [-0.05, 0) is 18.8 Å². The molecule has 1 atom stereocenters. The molecule has 1 saturated carbocycles. The number of imidazole rings is 1. The zero-order valence-electron chi connectivity index (χ0n) is 11.2. The van der Waals surface area contributed by atoms with Gasteiger partial charge >= 0.3 is 0 Å². The lowest BCUT2D eigenvalue weighted by molar-refractivity contribution is -0.120. The molecule has 0 bridgehead atoms. The van der Waals surface area contributed by atoms with Crippen LogP contribution in [0.1, 0.15) is 12.8 Å². The zero-order chi connectivity index (χ0) is 14.8. The molecular weight excluding hydrogens is 282 g/mol. The topological polar surface area (TPSA) is 119 Å². The number of nitrogens with one attached hydrogen (secondary N) is 2. The Morgan fingerprint density at radius 2 is 2.30 bits per heavy atom. The van der Waals surface area contributed by atoms with Crippen LogP contribution in [0.25, 0.3) is 0 Å².